The summed E-state index contributed by atoms with van der Waals surface area (Å²) in [6, 6.07) is 8.47. The van der Waals surface area contributed by atoms with Crippen LogP contribution in [0.3, 0.4) is 0 Å². The highest BCUT2D eigenvalue weighted by Crippen LogP contribution is 2.23. The minimum absolute atomic E-state index is 0.0335. The monoisotopic (exact) mass is 277 g/mol. The third kappa shape index (κ3) is 3.74. The molecule has 2 rings (SSSR count). The van der Waals surface area contributed by atoms with Crippen LogP contribution in [-0.2, 0) is 13.1 Å². The summed E-state index contributed by atoms with van der Waals surface area (Å²) in [5, 5.41) is 14.4. The largest absolute Gasteiger partial charge is 0.308 e. The summed E-state index contributed by atoms with van der Waals surface area (Å²) in [4.78, 5) is 14.5. The molecule has 0 atom stereocenters. The number of aromatic nitrogens is 1. The van der Waals surface area contributed by atoms with Gasteiger partial charge in [-0.05, 0) is 23.8 Å². The van der Waals surface area contributed by atoms with Crippen LogP contribution in [0.4, 0.5) is 5.69 Å². The van der Waals surface area contributed by atoms with Gasteiger partial charge in [0, 0.05) is 42.1 Å². The van der Waals surface area contributed by atoms with E-state index in [1.54, 1.807) is 24.5 Å². The molecule has 2 aromatic rings. The maximum Gasteiger partial charge on any atom is 0.275 e. The van der Waals surface area contributed by atoms with E-state index >= 15 is 0 Å². The van der Waals surface area contributed by atoms with Gasteiger partial charge in [-0.15, -0.1) is 0 Å². The molecule has 0 aliphatic heterocycles. The number of nitro groups is 1. The van der Waals surface area contributed by atoms with Crippen LogP contribution in [0.5, 0.6) is 0 Å². The molecule has 1 aromatic carbocycles. The molecule has 0 aliphatic rings. The molecule has 0 spiro atoms. The second-order valence-corrected chi connectivity index (χ2v) is 4.43. The Morgan fingerprint density at radius 2 is 2.16 bits per heavy atom. The molecule has 0 fully saturated rings. The van der Waals surface area contributed by atoms with E-state index < -0.39 is 4.92 Å². The molecule has 6 heteroatoms. The SMILES string of the molecule is O=[N+]([O-])c1cc(Cl)ccc1CNCc1cccnc1. The van der Waals surface area contributed by atoms with Gasteiger partial charge in [0.05, 0.1) is 4.92 Å². The standard InChI is InChI=1S/C13H12ClN3O2/c14-12-4-3-11(13(6-12)17(18)19)9-16-8-10-2-1-5-15-7-10/h1-7,16H,8-9H2. The van der Waals surface area contributed by atoms with Gasteiger partial charge in [0.15, 0.2) is 0 Å². The molecule has 5 nitrogen and oxygen atoms in total. The Balaban J connectivity index is 2.02. The first-order valence-corrected chi connectivity index (χ1v) is 6.07. The number of pyridine rings is 1. The summed E-state index contributed by atoms with van der Waals surface area (Å²) in [6.45, 7) is 1.01. The van der Waals surface area contributed by atoms with Gasteiger partial charge in [-0.3, -0.25) is 15.1 Å². The van der Waals surface area contributed by atoms with Gasteiger partial charge in [0.25, 0.3) is 5.69 Å². The zero-order valence-electron chi connectivity index (χ0n) is 10.0. The summed E-state index contributed by atoms with van der Waals surface area (Å²) in [6.07, 6.45) is 3.46. The van der Waals surface area contributed by atoms with Crippen molar-refractivity contribution >= 4 is 17.3 Å². The van der Waals surface area contributed by atoms with Crippen LogP contribution in [-0.4, -0.2) is 9.91 Å². The fraction of sp³-hybridized carbons (Fsp3) is 0.154. The number of rotatable bonds is 5. The normalized spacial score (nSPS) is 10.4. The third-order valence-corrected chi connectivity index (χ3v) is 2.85. The van der Waals surface area contributed by atoms with Gasteiger partial charge >= 0.3 is 0 Å². The van der Waals surface area contributed by atoms with Crippen molar-refractivity contribution in [2.75, 3.05) is 0 Å². The van der Waals surface area contributed by atoms with E-state index in [0.29, 0.717) is 23.7 Å². The molecule has 0 aliphatic carbocycles. The van der Waals surface area contributed by atoms with E-state index in [-0.39, 0.29) is 5.69 Å². The summed E-state index contributed by atoms with van der Waals surface area (Å²) in [5.74, 6) is 0. The molecule has 0 radical (unpaired) electrons. The molecule has 19 heavy (non-hydrogen) atoms. The van der Waals surface area contributed by atoms with Gasteiger partial charge in [0.2, 0.25) is 0 Å². The lowest BCUT2D eigenvalue weighted by Gasteiger charge is -2.06. The molecule has 0 saturated heterocycles. The quantitative estimate of drug-likeness (QED) is 0.674. The van der Waals surface area contributed by atoms with Crippen LogP contribution in [0, 0.1) is 10.1 Å². The van der Waals surface area contributed by atoms with Gasteiger partial charge in [-0.2, -0.15) is 0 Å². The number of nitrogens with one attached hydrogen (secondary N) is 1. The Morgan fingerprint density at radius 1 is 1.32 bits per heavy atom. The highest BCUT2D eigenvalue weighted by Gasteiger charge is 2.13. The molecule has 0 unspecified atom stereocenters. The minimum Gasteiger partial charge on any atom is -0.308 e. The summed E-state index contributed by atoms with van der Waals surface area (Å²) < 4.78 is 0. The van der Waals surface area contributed by atoms with E-state index in [4.69, 9.17) is 11.6 Å². The van der Waals surface area contributed by atoms with E-state index in [1.165, 1.54) is 6.07 Å². The van der Waals surface area contributed by atoms with E-state index in [1.807, 2.05) is 12.1 Å². The van der Waals surface area contributed by atoms with Crippen molar-refractivity contribution in [1.29, 1.82) is 0 Å². The molecule has 1 heterocycles. The fourth-order valence-corrected chi connectivity index (χ4v) is 1.87. The van der Waals surface area contributed by atoms with E-state index in [9.17, 15) is 10.1 Å². The number of hydrogen-bond donors (Lipinski definition) is 1. The van der Waals surface area contributed by atoms with Crippen molar-refractivity contribution in [2.45, 2.75) is 13.1 Å². The number of benzene rings is 1. The first-order chi connectivity index (χ1) is 9.16. The number of hydrogen-bond acceptors (Lipinski definition) is 4. The van der Waals surface area contributed by atoms with Crippen molar-refractivity contribution in [2.24, 2.45) is 0 Å². The first-order valence-electron chi connectivity index (χ1n) is 5.69. The van der Waals surface area contributed by atoms with Crippen molar-refractivity contribution in [3.8, 4) is 0 Å². The Hall–Kier alpha value is -1.98. The molecule has 1 N–H and O–H groups in total. The molecular formula is C13H12ClN3O2. The first kappa shape index (κ1) is 13.5. The Bertz CT molecular complexity index is 575. The second kappa shape index (κ2) is 6.26. The third-order valence-electron chi connectivity index (χ3n) is 2.61. The second-order valence-electron chi connectivity index (χ2n) is 3.99. The maximum atomic E-state index is 10.9. The smallest absolute Gasteiger partial charge is 0.275 e. The van der Waals surface area contributed by atoms with Crippen LogP contribution >= 0.6 is 11.6 Å². The van der Waals surface area contributed by atoms with Crippen LogP contribution < -0.4 is 5.32 Å². The Morgan fingerprint density at radius 3 is 2.84 bits per heavy atom. The molecule has 0 bridgehead atoms. The Kier molecular flexibility index (Phi) is 4.43. The van der Waals surface area contributed by atoms with E-state index in [0.717, 1.165) is 5.56 Å². The number of nitro benzene ring substituents is 1. The van der Waals surface area contributed by atoms with Crippen molar-refractivity contribution < 1.29 is 4.92 Å². The molecular weight excluding hydrogens is 266 g/mol. The summed E-state index contributed by atoms with van der Waals surface area (Å²) in [5.41, 5.74) is 1.67. The van der Waals surface area contributed by atoms with Crippen molar-refractivity contribution in [3.05, 3.63) is 69.0 Å². The maximum absolute atomic E-state index is 10.9. The Labute approximate surface area is 115 Å². The molecule has 0 amide bonds. The average Bonchev–Trinajstić information content (AvgIpc) is 2.41. The zero-order valence-corrected chi connectivity index (χ0v) is 10.8. The lowest BCUT2D eigenvalue weighted by molar-refractivity contribution is -0.385. The fourth-order valence-electron chi connectivity index (χ4n) is 1.70. The zero-order chi connectivity index (χ0) is 13.7. The van der Waals surface area contributed by atoms with Gasteiger partial charge < -0.3 is 5.32 Å². The highest BCUT2D eigenvalue weighted by molar-refractivity contribution is 6.30. The number of halogens is 1. The predicted molar refractivity (Wildman–Crippen MR) is 72.9 cm³/mol. The van der Waals surface area contributed by atoms with Gasteiger partial charge in [-0.25, -0.2) is 0 Å². The average molecular weight is 278 g/mol. The van der Waals surface area contributed by atoms with Gasteiger partial charge in [-0.1, -0.05) is 17.7 Å². The van der Waals surface area contributed by atoms with Crippen LogP contribution in [0.15, 0.2) is 42.7 Å². The number of nitrogens with zero attached hydrogens (tertiary/aromatic N) is 2. The molecule has 0 saturated carbocycles. The highest BCUT2D eigenvalue weighted by atomic mass is 35.5. The molecule has 1 aromatic heterocycles. The van der Waals surface area contributed by atoms with Crippen LogP contribution in [0.25, 0.3) is 0 Å². The molecule has 98 valence electrons. The lowest BCUT2D eigenvalue weighted by atomic mass is 10.1. The summed E-state index contributed by atoms with van der Waals surface area (Å²) >= 11 is 5.76. The van der Waals surface area contributed by atoms with Crippen LogP contribution in [0.1, 0.15) is 11.1 Å². The lowest BCUT2D eigenvalue weighted by Crippen LogP contribution is -2.13. The summed E-state index contributed by atoms with van der Waals surface area (Å²) in [7, 11) is 0. The topological polar surface area (TPSA) is 68.1 Å². The minimum atomic E-state index is -0.424. The van der Waals surface area contributed by atoms with Gasteiger partial charge in [0.1, 0.15) is 0 Å². The van der Waals surface area contributed by atoms with E-state index in [2.05, 4.69) is 10.3 Å². The van der Waals surface area contributed by atoms with Crippen molar-refractivity contribution in [3.63, 3.8) is 0 Å². The van der Waals surface area contributed by atoms with Crippen molar-refractivity contribution in [1.82, 2.24) is 10.3 Å². The predicted octanol–water partition coefficient (Wildman–Crippen LogP) is 2.93. The van der Waals surface area contributed by atoms with Crippen LogP contribution in [0.2, 0.25) is 5.02 Å².